The van der Waals surface area contributed by atoms with Gasteiger partial charge in [-0.2, -0.15) is 18.4 Å². The van der Waals surface area contributed by atoms with Crippen molar-refractivity contribution in [3.05, 3.63) is 53.9 Å². The van der Waals surface area contributed by atoms with E-state index in [9.17, 15) is 13.2 Å². The van der Waals surface area contributed by atoms with E-state index in [1.54, 1.807) is 30.3 Å². The van der Waals surface area contributed by atoms with Crippen LogP contribution in [0.4, 0.5) is 13.2 Å². The monoisotopic (exact) mass is 262 g/mol. The first-order valence-corrected chi connectivity index (χ1v) is 5.51. The average molecular weight is 262 g/mol. The lowest BCUT2D eigenvalue weighted by Crippen LogP contribution is -2.09. The molecule has 5 heteroatoms. The first kappa shape index (κ1) is 13.1. The fraction of sp³-hybridized carbons (Fsp3) is 0.143. The van der Waals surface area contributed by atoms with Crippen LogP contribution in [0.3, 0.4) is 0 Å². The van der Waals surface area contributed by atoms with Crippen LogP contribution in [0, 0.1) is 11.3 Å². The van der Waals surface area contributed by atoms with Crippen LogP contribution in [0.1, 0.15) is 11.4 Å². The van der Waals surface area contributed by atoms with Crippen molar-refractivity contribution >= 4 is 0 Å². The standard InChI is InChI=1S/C14H9F3N2/c15-14(16,17)13-9-11(8-12(19-13)6-7-18)10-4-2-1-3-5-10/h1-5,8-9H,6H2. The molecule has 0 amide bonds. The van der Waals surface area contributed by atoms with E-state index in [0.29, 0.717) is 11.1 Å². The maximum absolute atomic E-state index is 12.8. The van der Waals surface area contributed by atoms with Gasteiger partial charge in [-0.3, -0.25) is 0 Å². The van der Waals surface area contributed by atoms with Crippen molar-refractivity contribution in [3.63, 3.8) is 0 Å². The van der Waals surface area contributed by atoms with Gasteiger partial charge in [-0.05, 0) is 23.3 Å². The highest BCUT2D eigenvalue weighted by molar-refractivity contribution is 5.64. The third-order valence-corrected chi connectivity index (χ3v) is 2.54. The zero-order chi connectivity index (χ0) is 13.9. The Morgan fingerprint density at radius 1 is 1.05 bits per heavy atom. The molecule has 1 heterocycles. The fourth-order valence-electron chi connectivity index (χ4n) is 1.70. The van der Waals surface area contributed by atoms with Crippen molar-refractivity contribution in [2.45, 2.75) is 12.6 Å². The van der Waals surface area contributed by atoms with E-state index in [1.165, 1.54) is 6.07 Å². The third-order valence-electron chi connectivity index (χ3n) is 2.54. The Kier molecular flexibility index (Phi) is 3.52. The van der Waals surface area contributed by atoms with Gasteiger partial charge in [-0.15, -0.1) is 0 Å². The van der Waals surface area contributed by atoms with Crippen molar-refractivity contribution in [3.8, 4) is 17.2 Å². The van der Waals surface area contributed by atoms with Crippen LogP contribution in [0.5, 0.6) is 0 Å². The minimum Gasteiger partial charge on any atom is -0.247 e. The Labute approximate surface area is 108 Å². The van der Waals surface area contributed by atoms with E-state index in [2.05, 4.69) is 4.98 Å². The SMILES string of the molecule is N#CCc1cc(-c2ccccc2)cc(C(F)(F)F)n1. The normalized spacial score (nSPS) is 11.1. The summed E-state index contributed by atoms with van der Waals surface area (Å²) in [6.07, 6.45) is -4.67. The summed E-state index contributed by atoms with van der Waals surface area (Å²) in [5.41, 5.74) is 0.220. The van der Waals surface area contributed by atoms with Gasteiger partial charge in [0.15, 0.2) is 0 Å². The number of nitrogens with zero attached hydrogens (tertiary/aromatic N) is 2. The highest BCUT2D eigenvalue weighted by Gasteiger charge is 2.33. The number of nitriles is 1. The molecule has 0 fully saturated rings. The molecular formula is C14H9F3N2. The van der Waals surface area contributed by atoms with Crippen LogP contribution in [0.15, 0.2) is 42.5 Å². The number of hydrogen-bond donors (Lipinski definition) is 0. The molecule has 0 aliphatic rings. The lowest BCUT2D eigenvalue weighted by atomic mass is 10.0. The highest BCUT2D eigenvalue weighted by atomic mass is 19.4. The van der Waals surface area contributed by atoms with Gasteiger partial charge in [-0.25, -0.2) is 4.98 Å². The molecule has 96 valence electrons. The van der Waals surface area contributed by atoms with Gasteiger partial charge in [0, 0.05) is 0 Å². The second-order valence-corrected chi connectivity index (χ2v) is 3.93. The van der Waals surface area contributed by atoms with Gasteiger partial charge in [0.05, 0.1) is 18.2 Å². The predicted molar refractivity (Wildman–Crippen MR) is 64.0 cm³/mol. The average Bonchev–Trinajstić information content (AvgIpc) is 2.39. The summed E-state index contributed by atoms with van der Waals surface area (Å²) in [5, 5.41) is 8.60. The zero-order valence-corrected chi connectivity index (χ0v) is 9.78. The summed E-state index contributed by atoms with van der Waals surface area (Å²) in [7, 11) is 0. The summed E-state index contributed by atoms with van der Waals surface area (Å²) in [5.74, 6) is 0. The van der Waals surface area contributed by atoms with Crippen molar-refractivity contribution < 1.29 is 13.2 Å². The van der Waals surface area contributed by atoms with Gasteiger partial charge in [0.2, 0.25) is 0 Å². The van der Waals surface area contributed by atoms with Gasteiger partial charge >= 0.3 is 6.18 Å². The summed E-state index contributed by atoms with van der Waals surface area (Å²) in [6.45, 7) is 0. The predicted octanol–water partition coefficient (Wildman–Crippen LogP) is 3.83. The molecule has 1 aromatic heterocycles. The van der Waals surface area contributed by atoms with E-state index in [4.69, 9.17) is 5.26 Å². The van der Waals surface area contributed by atoms with Gasteiger partial charge in [-0.1, -0.05) is 30.3 Å². The molecule has 0 bridgehead atoms. The first-order valence-electron chi connectivity index (χ1n) is 5.51. The van der Waals surface area contributed by atoms with Crippen molar-refractivity contribution in [2.24, 2.45) is 0 Å². The Hall–Kier alpha value is -2.35. The Bertz CT molecular complexity index is 613. The summed E-state index contributed by atoms with van der Waals surface area (Å²) < 4.78 is 38.3. The first-order chi connectivity index (χ1) is 9.00. The minimum atomic E-state index is -4.52. The molecule has 2 nitrogen and oxygen atoms in total. The van der Waals surface area contributed by atoms with Crippen LogP contribution in [0.25, 0.3) is 11.1 Å². The number of alkyl halides is 3. The van der Waals surface area contributed by atoms with E-state index >= 15 is 0 Å². The maximum Gasteiger partial charge on any atom is 0.433 e. The molecule has 0 aliphatic carbocycles. The molecule has 0 spiro atoms. The number of pyridine rings is 1. The molecule has 2 rings (SSSR count). The van der Waals surface area contributed by atoms with Crippen LogP contribution in [-0.4, -0.2) is 4.98 Å². The van der Waals surface area contributed by atoms with Crippen molar-refractivity contribution in [1.82, 2.24) is 4.98 Å². The van der Waals surface area contributed by atoms with Crippen LogP contribution in [0.2, 0.25) is 0 Å². The molecule has 0 unspecified atom stereocenters. The number of hydrogen-bond acceptors (Lipinski definition) is 2. The lowest BCUT2D eigenvalue weighted by molar-refractivity contribution is -0.141. The molecule has 0 saturated heterocycles. The van der Waals surface area contributed by atoms with Crippen molar-refractivity contribution in [1.29, 1.82) is 5.26 Å². The number of aromatic nitrogens is 1. The molecule has 1 aromatic carbocycles. The number of benzene rings is 1. The largest absolute Gasteiger partial charge is 0.433 e. The number of rotatable bonds is 2. The summed E-state index contributed by atoms with van der Waals surface area (Å²) >= 11 is 0. The van der Waals surface area contributed by atoms with Crippen LogP contribution < -0.4 is 0 Å². The summed E-state index contributed by atoms with van der Waals surface area (Å²) in [4.78, 5) is 3.47. The zero-order valence-electron chi connectivity index (χ0n) is 9.78. The molecule has 0 N–H and O–H groups in total. The van der Waals surface area contributed by atoms with Gasteiger partial charge in [0.1, 0.15) is 5.69 Å². The van der Waals surface area contributed by atoms with Crippen LogP contribution in [-0.2, 0) is 12.6 Å². The van der Waals surface area contributed by atoms with E-state index in [-0.39, 0.29) is 12.1 Å². The smallest absolute Gasteiger partial charge is 0.247 e. The number of halogens is 3. The lowest BCUT2D eigenvalue weighted by Gasteiger charge is -2.10. The maximum atomic E-state index is 12.8. The summed E-state index contributed by atoms with van der Waals surface area (Å²) in [6, 6.07) is 13.0. The highest BCUT2D eigenvalue weighted by Crippen LogP contribution is 2.31. The Morgan fingerprint density at radius 3 is 2.32 bits per heavy atom. The van der Waals surface area contributed by atoms with E-state index in [0.717, 1.165) is 6.07 Å². The van der Waals surface area contributed by atoms with E-state index in [1.807, 2.05) is 6.07 Å². The Morgan fingerprint density at radius 2 is 1.74 bits per heavy atom. The molecular weight excluding hydrogens is 253 g/mol. The van der Waals surface area contributed by atoms with Crippen molar-refractivity contribution in [2.75, 3.05) is 0 Å². The van der Waals surface area contributed by atoms with E-state index < -0.39 is 11.9 Å². The third kappa shape index (κ3) is 3.10. The van der Waals surface area contributed by atoms with Crippen LogP contribution >= 0.6 is 0 Å². The Balaban J connectivity index is 2.56. The molecule has 0 atom stereocenters. The quantitative estimate of drug-likeness (QED) is 0.824. The van der Waals surface area contributed by atoms with Gasteiger partial charge in [0.25, 0.3) is 0 Å². The fourth-order valence-corrected chi connectivity index (χ4v) is 1.70. The molecule has 0 radical (unpaired) electrons. The topological polar surface area (TPSA) is 36.7 Å². The molecule has 0 aliphatic heterocycles. The second-order valence-electron chi connectivity index (χ2n) is 3.93. The second kappa shape index (κ2) is 5.11. The molecule has 2 aromatic rings. The minimum absolute atomic E-state index is 0.121. The van der Waals surface area contributed by atoms with Gasteiger partial charge < -0.3 is 0 Å². The molecule has 0 saturated carbocycles. The molecule has 19 heavy (non-hydrogen) atoms.